The first-order valence-electron chi connectivity index (χ1n) is 8.40. The van der Waals surface area contributed by atoms with Crippen LogP contribution in [0.2, 0.25) is 0 Å². The summed E-state index contributed by atoms with van der Waals surface area (Å²) in [5, 5.41) is 17.9. The Kier molecular flexibility index (Phi) is 12.4. The van der Waals surface area contributed by atoms with Gasteiger partial charge in [0.1, 0.15) is 11.5 Å². The van der Waals surface area contributed by atoms with Crippen molar-refractivity contribution in [3.8, 4) is 11.5 Å². The smallest absolute Gasteiger partial charge is 0.338 e. The molecule has 0 aromatic heterocycles. The zero-order chi connectivity index (χ0) is 19.4. The zero-order valence-electron chi connectivity index (χ0n) is 15.3. The second kappa shape index (κ2) is 13.7. The molecule has 2 rings (SSSR count). The van der Waals surface area contributed by atoms with Gasteiger partial charge in [-0.05, 0) is 61.4 Å². The third-order valence-corrected chi connectivity index (χ3v) is 3.08. The molecule has 0 amide bonds. The van der Waals surface area contributed by atoms with E-state index in [1.807, 2.05) is 13.8 Å². The molecule has 0 spiro atoms. The summed E-state index contributed by atoms with van der Waals surface area (Å²) < 4.78 is 9.79. The van der Waals surface area contributed by atoms with Crippen molar-refractivity contribution in [2.75, 3.05) is 13.2 Å². The number of benzene rings is 2. The first kappa shape index (κ1) is 24.5. The van der Waals surface area contributed by atoms with E-state index in [2.05, 4.69) is 0 Å². The Balaban J connectivity index is 0.000000483. The Morgan fingerprint density at radius 3 is 1.26 bits per heavy atom. The molecule has 151 valence electrons. The van der Waals surface area contributed by atoms with Crippen LogP contribution in [-0.2, 0) is 26.5 Å². The topological polar surface area (TPSA) is 93.1 Å². The summed E-state index contributed by atoms with van der Waals surface area (Å²) in [6, 6.07) is 12.0. The molecule has 6 nitrogen and oxygen atoms in total. The minimum atomic E-state index is -0.346. The Morgan fingerprint density at radius 1 is 0.704 bits per heavy atom. The van der Waals surface area contributed by atoms with Gasteiger partial charge in [-0.25, -0.2) is 9.59 Å². The molecule has 0 heterocycles. The molecule has 0 aliphatic rings. The van der Waals surface area contributed by atoms with E-state index < -0.39 is 0 Å². The Bertz CT molecular complexity index is 621. The van der Waals surface area contributed by atoms with E-state index in [0.717, 1.165) is 12.8 Å². The van der Waals surface area contributed by atoms with Gasteiger partial charge in [0, 0.05) is 17.1 Å². The fraction of sp³-hybridized carbons (Fsp3) is 0.300. The van der Waals surface area contributed by atoms with Crippen LogP contribution in [0.1, 0.15) is 47.4 Å². The van der Waals surface area contributed by atoms with Crippen LogP contribution in [0.15, 0.2) is 48.5 Å². The van der Waals surface area contributed by atoms with Crippen LogP contribution in [0.3, 0.4) is 0 Å². The summed E-state index contributed by atoms with van der Waals surface area (Å²) in [6.45, 7) is 4.73. The fourth-order valence-corrected chi connectivity index (χ4v) is 1.75. The molecule has 0 saturated heterocycles. The maximum Gasteiger partial charge on any atom is 0.338 e. The number of aromatic hydroxyl groups is 2. The first-order valence-corrected chi connectivity index (χ1v) is 8.40. The molecule has 0 bridgehead atoms. The van der Waals surface area contributed by atoms with Crippen molar-refractivity contribution in [3.05, 3.63) is 59.7 Å². The molecular formula is C20H24CuO6. The first-order chi connectivity index (χ1) is 12.5. The molecule has 0 atom stereocenters. The predicted molar refractivity (Wildman–Crippen MR) is 97.4 cm³/mol. The number of phenols is 2. The summed E-state index contributed by atoms with van der Waals surface area (Å²) in [5.41, 5.74) is 0.928. The van der Waals surface area contributed by atoms with Crippen LogP contribution < -0.4 is 0 Å². The number of hydrogen-bond donors (Lipinski definition) is 2. The predicted octanol–water partition coefficient (Wildman–Crippen LogP) is 3.92. The Hall–Kier alpha value is -2.50. The molecule has 2 aromatic rings. The van der Waals surface area contributed by atoms with Gasteiger partial charge in [-0.3, -0.25) is 0 Å². The maximum absolute atomic E-state index is 11.2. The molecule has 2 aromatic carbocycles. The minimum Gasteiger partial charge on any atom is -0.508 e. The monoisotopic (exact) mass is 423 g/mol. The van der Waals surface area contributed by atoms with Crippen molar-refractivity contribution in [2.45, 2.75) is 26.7 Å². The van der Waals surface area contributed by atoms with E-state index in [1.54, 1.807) is 0 Å². The number of carbonyl (C=O) groups excluding carboxylic acids is 2. The average Bonchev–Trinajstić information content (AvgIpc) is 2.66. The van der Waals surface area contributed by atoms with E-state index in [0.29, 0.717) is 24.3 Å². The average molecular weight is 424 g/mol. The molecule has 0 aliphatic carbocycles. The van der Waals surface area contributed by atoms with Crippen molar-refractivity contribution in [3.63, 3.8) is 0 Å². The van der Waals surface area contributed by atoms with Crippen LogP contribution in [0, 0.1) is 0 Å². The van der Waals surface area contributed by atoms with Crippen LogP contribution in [-0.4, -0.2) is 35.4 Å². The summed E-state index contributed by atoms with van der Waals surface area (Å²) in [6.07, 6.45) is 1.62. The summed E-state index contributed by atoms with van der Waals surface area (Å²) in [4.78, 5) is 22.4. The van der Waals surface area contributed by atoms with Gasteiger partial charge in [-0.2, -0.15) is 0 Å². The molecule has 0 saturated carbocycles. The van der Waals surface area contributed by atoms with Crippen molar-refractivity contribution >= 4 is 11.9 Å². The van der Waals surface area contributed by atoms with Gasteiger partial charge in [0.05, 0.1) is 24.3 Å². The maximum atomic E-state index is 11.2. The van der Waals surface area contributed by atoms with Crippen molar-refractivity contribution in [1.82, 2.24) is 0 Å². The van der Waals surface area contributed by atoms with Crippen molar-refractivity contribution < 1.29 is 46.3 Å². The van der Waals surface area contributed by atoms with E-state index in [9.17, 15) is 9.59 Å². The van der Waals surface area contributed by atoms with Gasteiger partial charge in [-0.15, -0.1) is 0 Å². The molecule has 27 heavy (non-hydrogen) atoms. The Morgan fingerprint density at radius 2 is 1.00 bits per heavy atom. The molecular weight excluding hydrogens is 400 g/mol. The number of carbonyl (C=O) groups is 2. The largest absolute Gasteiger partial charge is 0.508 e. The summed E-state index contributed by atoms with van der Waals surface area (Å²) in [7, 11) is 0. The second-order valence-corrected chi connectivity index (χ2v) is 5.37. The minimum absolute atomic E-state index is 0. The van der Waals surface area contributed by atoms with Gasteiger partial charge < -0.3 is 19.7 Å². The van der Waals surface area contributed by atoms with Gasteiger partial charge in [0.2, 0.25) is 0 Å². The molecule has 0 aliphatic heterocycles. The summed E-state index contributed by atoms with van der Waals surface area (Å²) >= 11 is 0. The van der Waals surface area contributed by atoms with Gasteiger partial charge >= 0.3 is 11.9 Å². The SMILES string of the molecule is CCCOC(=O)c1ccc(O)cc1.CCCOC(=O)c1ccc(O)cc1.[Cu]. The molecule has 7 heteroatoms. The van der Waals surface area contributed by atoms with E-state index in [4.69, 9.17) is 19.7 Å². The van der Waals surface area contributed by atoms with Crippen LogP contribution in [0.25, 0.3) is 0 Å². The number of esters is 2. The van der Waals surface area contributed by atoms with E-state index in [1.165, 1.54) is 48.5 Å². The fourth-order valence-electron chi connectivity index (χ4n) is 1.75. The van der Waals surface area contributed by atoms with Crippen LogP contribution in [0.5, 0.6) is 11.5 Å². The number of rotatable bonds is 6. The normalized spacial score (nSPS) is 9.26. The molecule has 1 radical (unpaired) electrons. The third kappa shape index (κ3) is 9.68. The molecule has 0 unspecified atom stereocenters. The quantitative estimate of drug-likeness (QED) is 0.540. The summed E-state index contributed by atoms with van der Waals surface area (Å²) in [5.74, 6) is -0.400. The standard InChI is InChI=1S/2C10H12O3.Cu/c2*1-2-7-13-10(12)8-3-5-9(11)6-4-8;/h2*3-6,11H,2,7H2,1H3;. The van der Waals surface area contributed by atoms with Crippen molar-refractivity contribution in [1.29, 1.82) is 0 Å². The zero-order valence-corrected chi connectivity index (χ0v) is 16.2. The number of phenolic OH excluding ortho intramolecular Hbond substituents is 2. The molecule has 2 N–H and O–H groups in total. The van der Waals surface area contributed by atoms with Crippen molar-refractivity contribution in [2.24, 2.45) is 0 Å². The molecule has 0 fully saturated rings. The number of hydrogen-bond acceptors (Lipinski definition) is 6. The van der Waals surface area contributed by atoms with Crippen LogP contribution >= 0.6 is 0 Å². The van der Waals surface area contributed by atoms with E-state index in [-0.39, 0.29) is 40.5 Å². The van der Waals surface area contributed by atoms with E-state index >= 15 is 0 Å². The van der Waals surface area contributed by atoms with Gasteiger partial charge in [0.15, 0.2) is 0 Å². The Labute approximate surface area is 169 Å². The second-order valence-electron chi connectivity index (χ2n) is 5.37. The van der Waals surface area contributed by atoms with Crippen LogP contribution in [0.4, 0.5) is 0 Å². The third-order valence-electron chi connectivity index (χ3n) is 3.08. The van der Waals surface area contributed by atoms with Gasteiger partial charge in [-0.1, -0.05) is 13.8 Å². The van der Waals surface area contributed by atoms with Gasteiger partial charge in [0.25, 0.3) is 0 Å². The number of ether oxygens (including phenoxy) is 2.